The van der Waals surface area contributed by atoms with Gasteiger partial charge in [-0.25, -0.2) is 9.78 Å². The molecule has 0 aliphatic carbocycles. The number of carbonyl (C=O) groups is 1. The molecule has 0 saturated carbocycles. The monoisotopic (exact) mass is 273 g/mol. The van der Waals surface area contributed by atoms with Crippen LogP contribution in [0.5, 0.6) is 0 Å². The fraction of sp³-hybridized carbons (Fsp3) is 0.222. The number of carboxylic acids is 1. The Balaban J connectivity index is 2.99. The van der Waals surface area contributed by atoms with E-state index in [9.17, 15) is 9.59 Å². The molecule has 2 N–H and O–H groups in total. The Morgan fingerprint density at radius 2 is 2.24 bits per heavy atom. The summed E-state index contributed by atoms with van der Waals surface area (Å²) >= 11 is 6.96. The smallest absolute Gasteiger partial charge is 0.342 e. The van der Waals surface area contributed by atoms with Gasteiger partial charge in [0.15, 0.2) is 5.65 Å². The third-order valence-corrected chi connectivity index (χ3v) is 3.41. The summed E-state index contributed by atoms with van der Waals surface area (Å²) in [5.41, 5.74) is -0.133. The molecule has 0 aliphatic rings. The zero-order chi connectivity index (χ0) is 12.7. The van der Waals surface area contributed by atoms with Crippen molar-refractivity contribution in [1.29, 1.82) is 0 Å². The lowest BCUT2D eigenvalue weighted by molar-refractivity contribution is 0.0695. The highest BCUT2D eigenvalue weighted by atomic mass is 35.5. The van der Waals surface area contributed by atoms with Crippen LogP contribution in [0, 0.1) is 6.92 Å². The number of hydrogen-bond donors (Lipinski definition) is 2. The van der Waals surface area contributed by atoms with Crippen LogP contribution in [0.4, 0.5) is 0 Å². The number of carboxylic acid groups (broad SMARTS) is 1. The number of thioether (sulfide) groups is 1. The molecule has 90 valence electrons. The lowest BCUT2D eigenvalue weighted by Crippen LogP contribution is -2.17. The summed E-state index contributed by atoms with van der Waals surface area (Å²) in [6, 6.07) is 0. The summed E-state index contributed by atoms with van der Waals surface area (Å²) < 4.78 is 1.05. The van der Waals surface area contributed by atoms with Crippen molar-refractivity contribution in [2.75, 3.05) is 6.26 Å². The van der Waals surface area contributed by atoms with E-state index in [-0.39, 0.29) is 16.2 Å². The second kappa shape index (κ2) is 4.08. The van der Waals surface area contributed by atoms with Crippen LogP contribution >= 0.6 is 23.4 Å². The van der Waals surface area contributed by atoms with Crippen LogP contribution < -0.4 is 5.56 Å². The number of aromatic amines is 1. The maximum absolute atomic E-state index is 11.8. The van der Waals surface area contributed by atoms with E-state index in [1.165, 1.54) is 11.8 Å². The summed E-state index contributed by atoms with van der Waals surface area (Å²) in [6.07, 6.45) is 1.71. The molecule has 0 atom stereocenters. The maximum Gasteiger partial charge on any atom is 0.342 e. The molecule has 0 spiro atoms. The van der Waals surface area contributed by atoms with Crippen molar-refractivity contribution >= 4 is 35.0 Å². The Morgan fingerprint density at radius 1 is 1.59 bits per heavy atom. The summed E-state index contributed by atoms with van der Waals surface area (Å²) in [5, 5.41) is 12.1. The van der Waals surface area contributed by atoms with E-state index in [4.69, 9.17) is 16.7 Å². The van der Waals surface area contributed by atoms with E-state index in [1.807, 2.05) is 0 Å². The number of hydrogen-bond acceptors (Lipinski definition) is 4. The number of rotatable bonds is 2. The van der Waals surface area contributed by atoms with Crippen LogP contribution in [-0.2, 0) is 0 Å². The van der Waals surface area contributed by atoms with Gasteiger partial charge in [-0.1, -0.05) is 11.6 Å². The van der Waals surface area contributed by atoms with E-state index >= 15 is 0 Å². The van der Waals surface area contributed by atoms with Crippen LogP contribution in [0.25, 0.3) is 5.65 Å². The van der Waals surface area contributed by atoms with Gasteiger partial charge in [-0.05, 0) is 13.2 Å². The van der Waals surface area contributed by atoms with E-state index in [1.54, 1.807) is 13.2 Å². The van der Waals surface area contributed by atoms with Crippen molar-refractivity contribution < 1.29 is 9.90 Å². The minimum Gasteiger partial charge on any atom is -0.477 e. The number of nitrogens with zero attached hydrogens (tertiary/aromatic N) is 2. The Labute approximate surface area is 105 Å². The van der Waals surface area contributed by atoms with Crippen molar-refractivity contribution in [3.05, 3.63) is 26.6 Å². The highest BCUT2D eigenvalue weighted by Crippen LogP contribution is 2.22. The molecule has 0 unspecified atom stereocenters. The zero-order valence-corrected chi connectivity index (χ0v) is 10.5. The molecule has 0 radical (unpaired) electrons. The molecule has 2 aromatic rings. The number of nitrogens with one attached hydrogen (secondary N) is 1. The van der Waals surface area contributed by atoms with Gasteiger partial charge in [0.25, 0.3) is 5.56 Å². The van der Waals surface area contributed by atoms with Gasteiger partial charge in [-0.15, -0.1) is 11.8 Å². The molecule has 8 heteroatoms. The number of aromatic carboxylic acids is 1. The van der Waals surface area contributed by atoms with E-state index in [0.29, 0.717) is 10.7 Å². The molecule has 2 rings (SSSR count). The quantitative estimate of drug-likeness (QED) is 0.808. The van der Waals surface area contributed by atoms with Crippen LogP contribution in [0.2, 0.25) is 5.02 Å². The summed E-state index contributed by atoms with van der Waals surface area (Å²) in [5.74, 6) is -1.14. The second-order valence-electron chi connectivity index (χ2n) is 3.30. The number of H-pyrrole nitrogens is 1. The first-order valence-electron chi connectivity index (χ1n) is 4.55. The predicted molar refractivity (Wildman–Crippen MR) is 64.3 cm³/mol. The molecular formula is C9H8ClN3O3S. The van der Waals surface area contributed by atoms with E-state index < -0.39 is 11.5 Å². The van der Waals surface area contributed by atoms with Gasteiger partial charge in [0, 0.05) is 0 Å². The lowest BCUT2D eigenvalue weighted by atomic mass is 10.3. The number of halogens is 1. The molecule has 0 bridgehead atoms. The molecule has 17 heavy (non-hydrogen) atoms. The van der Waals surface area contributed by atoms with Gasteiger partial charge in [-0.3, -0.25) is 9.89 Å². The summed E-state index contributed by atoms with van der Waals surface area (Å²) in [4.78, 5) is 27.0. The molecular weight excluding hydrogens is 266 g/mol. The minimum atomic E-state index is -1.14. The summed E-state index contributed by atoms with van der Waals surface area (Å²) in [7, 11) is 0. The van der Waals surface area contributed by atoms with E-state index in [0.717, 1.165) is 4.52 Å². The molecule has 0 saturated heterocycles. The first-order valence-corrected chi connectivity index (χ1v) is 6.15. The number of fused-ring (bicyclic) bond motifs is 1. The van der Waals surface area contributed by atoms with Gasteiger partial charge in [0.1, 0.15) is 15.6 Å². The fourth-order valence-electron chi connectivity index (χ4n) is 1.48. The highest BCUT2D eigenvalue weighted by molar-refractivity contribution is 7.98. The van der Waals surface area contributed by atoms with Crippen molar-refractivity contribution in [2.24, 2.45) is 0 Å². The third kappa shape index (κ3) is 1.71. The van der Waals surface area contributed by atoms with Crippen LogP contribution in [-0.4, -0.2) is 31.9 Å². The molecule has 2 heterocycles. The minimum absolute atomic E-state index is 0.0191. The Hall–Kier alpha value is -1.47. The molecule has 6 nitrogen and oxygen atoms in total. The molecule has 0 aliphatic heterocycles. The summed E-state index contributed by atoms with van der Waals surface area (Å²) in [6.45, 7) is 1.56. The normalized spacial score (nSPS) is 11.0. The van der Waals surface area contributed by atoms with Gasteiger partial charge >= 0.3 is 5.97 Å². The van der Waals surface area contributed by atoms with Crippen LogP contribution in [0.15, 0.2) is 9.82 Å². The number of aryl methyl sites for hydroxylation is 1. The highest BCUT2D eigenvalue weighted by Gasteiger charge is 2.21. The van der Waals surface area contributed by atoms with Crippen molar-refractivity contribution in [3.8, 4) is 0 Å². The van der Waals surface area contributed by atoms with Gasteiger partial charge < -0.3 is 5.11 Å². The third-order valence-electron chi connectivity index (χ3n) is 2.28. The van der Waals surface area contributed by atoms with Gasteiger partial charge in [0.05, 0.1) is 5.69 Å². The second-order valence-corrected chi connectivity index (χ2v) is 4.50. The Kier molecular flexibility index (Phi) is 2.88. The van der Waals surface area contributed by atoms with Gasteiger partial charge in [0.2, 0.25) is 0 Å². The maximum atomic E-state index is 11.8. The average Bonchev–Trinajstić information content (AvgIpc) is 2.64. The lowest BCUT2D eigenvalue weighted by Gasteiger charge is -1.98. The van der Waals surface area contributed by atoms with Crippen LogP contribution in [0.1, 0.15) is 16.1 Å². The Bertz CT molecular complexity index is 676. The predicted octanol–water partition coefficient (Wildman–Crippen LogP) is 1.40. The SMILES string of the molecule is CSc1[nH]n2c(=O)c(Cl)c(C)nc2c1C(=O)O. The molecule has 0 amide bonds. The van der Waals surface area contributed by atoms with Crippen molar-refractivity contribution in [3.63, 3.8) is 0 Å². The molecule has 2 aromatic heterocycles. The first-order chi connectivity index (χ1) is 7.97. The first kappa shape index (κ1) is 12.0. The van der Waals surface area contributed by atoms with Crippen LogP contribution in [0.3, 0.4) is 0 Å². The average molecular weight is 274 g/mol. The number of aromatic nitrogens is 3. The molecule has 0 fully saturated rings. The molecule has 0 aromatic carbocycles. The fourth-order valence-corrected chi connectivity index (χ4v) is 2.17. The Morgan fingerprint density at radius 3 is 2.76 bits per heavy atom. The largest absolute Gasteiger partial charge is 0.477 e. The van der Waals surface area contributed by atoms with Gasteiger partial charge in [-0.2, -0.15) is 4.52 Å². The standard InChI is InChI=1S/C9H8ClN3O3S/c1-3-5(10)8(14)13-6(11-3)4(9(15)16)7(12-13)17-2/h12H,1-2H3,(H,15,16). The topological polar surface area (TPSA) is 87.5 Å². The van der Waals surface area contributed by atoms with Crippen molar-refractivity contribution in [2.45, 2.75) is 11.9 Å². The zero-order valence-electron chi connectivity index (χ0n) is 8.94. The van der Waals surface area contributed by atoms with E-state index in [2.05, 4.69) is 10.1 Å². The van der Waals surface area contributed by atoms with Crippen molar-refractivity contribution in [1.82, 2.24) is 14.6 Å².